The molecule has 0 radical (unpaired) electrons. The standard InChI is InChI=1S/C17H28O2/c1-12-4-3-7-17(11-12,19-2)16(18)10-15-9-13-5-6-14(15)8-13/h12-15H,3-11H2,1-2H3. The number of ether oxygens (including phenoxy) is 1. The Balaban J connectivity index is 1.64. The first-order valence-electron chi connectivity index (χ1n) is 8.21. The normalized spacial score (nSPS) is 45.6. The van der Waals surface area contributed by atoms with E-state index in [-0.39, 0.29) is 0 Å². The van der Waals surface area contributed by atoms with Crippen molar-refractivity contribution in [3.05, 3.63) is 0 Å². The second-order valence-electron chi connectivity index (χ2n) is 7.46. The number of rotatable bonds is 4. The van der Waals surface area contributed by atoms with Gasteiger partial charge in [-0.05, 0) is 62.2 Å². The first-order chi connectivity index (χ1) is 9.13. The molecule has 0 aromatic heterocycles. The van der Waals surface area contributed by atoms with Crippen LogP contribution in [0.5, 0.6) is 0 Å². The van der Waals surface area contributed by atoms with Gasteiger partial charge in [0, 0.05) is 13.5 Å². The summed E-state index contributed by atoms with van der Waals surface area (Å²) >= 11 is 0. The minimum absolute atomic E-state index is 0.416. The van der Waals surface area contributed by atoms with Gasteiger partial charge in [0.25, 0.3) is 0 Å². The molecule has 0 amide bonds. The largest absolute Gasteiger partial charge is 0.370 e. The summed E-state index contributed by atoms with van der Waals surface area (Å²) in [6.45, 7) is 2.26. The van der Waals surface area contributed by atoms with Crippen LogP contribution in [-0.4, -0.2) is 18.5 Å². The number of carbonyl (C=O) groups excluding carboxylic acids is 1. The van der Waals surface area contributed by atoms with Crippen LogP contribution >= 0.6 is 0 Å². The van der Waals surface area contributed by atoms with Crippen LogP contribution in [0.3, 0.4) is 0 Å². The highest BCUT2D eigenvalue weighted by atomic mass is 16.5. The molecule has 19 heavy (non-hydrogen) atoms. The van der Waals surface area contributed by atoms with Crippen molar-refractivity contribution in [3.63, 3.8) is 0 Å². The van der Waals surface area contributed by atoms with E-state index in [1.165, 1.54) is 32.1 Å². The maximum atomic E-state index is 12.8. The number of carbonyl (C=O) groups is 1. The first-order valence-corrected chi connectivity index (χ1v) is 8.21. The maximum absolute atomic E-state index is 12.8. The number of Topliss-reactive ketones (excluding diaryl/α,β-unsaturated/α-hetero) is 1. The maximum Gasteiger partial charge on any atom is 0.164 e. The fraction of sp³-hybridized carbons (Fsp3) is 0.941. The Morgan fingerprint density at radius 3 is 2.68 bits per heavy atom. The summed E-state index contributed by atoms with van der Waals surface area (Å²) in [6.07, 6.45) is 10.6. The molecule has 2 nitrogen and oxygen atoms in total. The van der Waals surface area contributed by atoms with E-state index >= 15 is 0 Å². The zero-order valence-corrected chi connectivity index (χ0v) is 12.5. The van der Waals surface area contributed by atoms with Crippen molar-refractivity contribution in [3.8, 4) is 0 Å². The highest BCUT2D eigenvalue weighted by molar-refractivity contribution is 5.87. The Bertz CT molecular complexity index is 351. The molecule has 0 saturated heterocycles. The summed E-state index contributed by atoms with van der Waals surface area (Å²) in [7, 11) is 1.75. The summed E-state index contributed by atoms with van der Waals surface area (Å²) < 4.78 is 5.75. The summed E-state index contributed by atoms with van der Waals surface area (Å²) in [5, 5.41) is 0. The molecule has 3 saturated carbocycles. The zero-order chi connectivity index (χ0) is 13.5. The molecule has 0 spiro atoms. The highest BCUT2D eigenvalue weighted by Crippen LogP contribution is 2.50. The Kier molecular flexibility index (Phi) is 3.72. The van der Waals surface area contributed by atoms with Crippen LogP contribution in [0.4, 0.5) is 0 Å². The summed E-state index contributed by atoms with van der Waals surface area (Å²) in [5.41, 5.74) is -0.431. The van der Waals surface area contributed by atoms with Crippen molar-refractivity contribution in [2.75, 3.05) is 7.11 Å². The third-order valence-corrected chi connectivity index (χ3v) is 6.19. The summed E-state index contributed by atoms with van der Waals surface area (Å²) in [6, 6.07) is 0. The molecule has 3 aliphatic rings. The third kappa shape index (κ3) is 2.49. The lowest BCUT2D eigenvalue weighted by atomic mass is 9.73. The second-order valence-corrected chi connectivity index (χ2v) is 7.46. The average molecular weight is 264 g/mol. The van der Waals surface area contributed by atoms with Gasteiger partial charge in [-0.25, -0.2) is 0 Å². The molecular formula is C17H28O2. The second kappa shape index (κ2) is 5.20. The predicted octanol–water partition coefficient (Wildman–Crippen LogP) is 3.98. The molecule has 0 N–H and O–H groups in total. The van der Waals surface area contributed by atoms with Gasteiger partial charge in [-0.15, -0.1) is 0 Å². The van der Waals surface area contributed by atoms with Gasteiger partial charge in [0.15, 0.2) is 5.78 Å². The van der Waals surface area contributed by atoms with Gasteiger partial charge in [0.05, 0.1) is 0 Å². The van der Waals surface area contributed by atoms with Crippen LogP contribution in [0.25, 0.3) is 0 Å². The van der Waals surface area contributed by atoms with Gasteiger partial charge in [0.2, 0.25) is 0 Å². The molecule has 0 aromatic rings. The van der Waals surface area contributed by atoms with Crippen molar-refractivity contribution in [1.29, 1.82) is 0 Å². The van der Waals surface area contributed by atoms with Crippen LogP contribution in [-0.2, 0) is 9.53 Å². The van der Waals surface area contributed by atoms with Crippen LogP contribution in [0.15, 0.2) is 0 Å². The van der Waals surface area contributed by atoms with E-state index in [0.717, 1.165) is 37.5 Å². The quantitative estimate of drug-likeness (QED) is 0.768. The zero-order valence-electron chi connectivity index (χ0n) is 12.5. The molecule has 2 bridgehead atoms. The molecule has 5 atom stereocenters. The van der Waals surface area contributed by atoms with Gasteiger partial charge < -0.3 is 4.74 Å². The SMILES string of the molecule is COC1(C(=O)CC2CC3CCC2C3)CCCC(C)C1. The van der Waals surface area contributed by atoms with Gasteiger partial charge >= 0.3 is 0 Å². The summed E-state index contributed by atoms with van der Waals surface area (Å²) in [5.74, 6) is 3.52. The molecule has 0 aromatic carbocycles. The topological polar surface area (TPSA) is 26.3 Å². The number of ketones is 1. The molecular weight excluding hydrogens is 236 g/mol. The average Bonchev–Trinajstić information content (AvgIpc) is 3.00. The van der Waals surface area contributed by atoms with Crippen LogP contribution in [0, 0.1) is 23.7 Å². The van der Waals surface area contributed by atoms with Gasteiger partial charge in [0.1, 0.15) is 5.60 Å². The van der Waals surface area contributed by atoms with Crippen molar-refractivity contribution in [1.82, 2.24) is 0 Å². The molecule has 108 valence electrons. The minimum Gasteiger partial charge on any atom is -0.370 e. The third-order valence-electron chi connectivity index (χ3n) is 6.19. The van der Waals surface area contributed by atoms with Crippen LogP contribution in [0.1, 0.15) is 64.7 Å². The highest BCUT2D eigenvalue weighted by Gasteiger charge is 2.46. The molecule has 3 aliphatic carbocycles. The predicted molar refractivity (Wildman–Crippen MR) is 75.9 cm³/mol. The smallest absolute Gasteiger partial charge is 0.164 e. The number of hydrogen-bond acceptors (Lipinski definition) is 2. The Morgan fingerprint density at radius 2 is 2.11 bits per heavy atom. The van der Waals surface area contributed by atoms with E-state index in [9.17, 15) is 4.79 Å². The molecule has 2 heteroatoms. The van der Waals surface area contributed by atoms with E-state index in [0.29, 0.717) is 17.6 Å². The monoisotopic (exact) mass is 264 g/mol. The molecule has 3 rings (SSSR count). The van der Waals surface area contributed by atoms with Crippen molar-refractivity contribution < 1.29 is 9.53 Å². The van der Waals surface area contributed by atoms with Gasteiger partial charge in [-0.2, -0.15) is 0 Å². The van der Waals surface area contributed by atoms with Gasteiger partial charge in [-0.1, -0.05) is 19.8 Å². The van der Waals surface area contributed by atoms with E-state index in [4.69, 9.17) is 4.74 Å². The van der Waals surface area contributed by atoms with Crippen molar-refractivity contribution in [2.24, 2.45) is 23.7 Å². The lowest BCUT2D eigenvalue weighted by molar-refractivity contribution is -0.148. The van der Waals surface area contributed by atoms with Crippen molar-refractivity contribution >= 4 is 5.78 Å². The lowest BCUT2D eigenvalue weighted by Gasteiger charge is -2.38. The fourth-order valence-electron chi connectivity index (χ4n) is 5.11. The number of methoxy groups -OCH3 is 1. The Hall–Kier alpha value is -0.370. The van der Waals surface area contributed by atoms with Crippen LogP contribution in [0.2, 0.25) is 0 Å². The molecule has 3 fully saturated rings. The Labute approximate surface area is 117 Å². The lowest BCUT2D eigenvalue weighted by Crippen LogP contribution is -2.45. The Morgan fingerprint density at radius 1 is 1.26 bits per heavy atom. The van der Waals surface area contributed by atoms with Crippen LogP contribution < -0.4 is 0 Å². The van der Waals surface area contributed by atoms with Gasteiger partial charge in [-0.3, -0.25) is 4.79 Å². The molecule has 5 unspecified atom stereocenters. The van der Waals surface area contributed by atoms with E-state index < -0.39 is 5.60 Å². The molecule has 0 aliphatic heterocycles. The molecule has 0 heterocycles. The van der Waals surface area contributed by atoms with E-state index in [1.54, 1.807) is 7.11 Å². The number of fused-ring (bicyclic) bond motifs is 2. The summed E-state index contributed by atoms with van der Waals surface area (Å²) in [4.78, 5) is 12.8. The minimum atomic E-state index is -0.431. The number of hydrogen-bond donors (Lipinski definition) is 0. The van der Waals surface area contributed by atoms with E-state index in [1.807, 2.05) is 0 Å². The first kappa shape index (κ1) is 13.6. The fourth-order valence-corrected chi connectivity index (χ4v) is 5.11. The van der Waals surface area contributed by atoms with E-state index in [2.05, 4.69) is 6.92 Å². The van der Waals surface area contributed by atoms with Crippen molar-refractivity contribution in [2.45, 2.75) is 70.3 Å².